The molecule has 0 saturated carbocycles. The minimum atomic E-state index is -1.06. The van der Waals surface area contributed by atoms with Gasteiger partial charge in [0.2, 0.25) is 5.91 Å². The van der Waals surface area contributed by atoms with Crippen LogP contribution in [-0.4, -0.2) is 89.9 Å². The number of urea groups is 1. The predicted octanol–water partition coefficient (Wildman–Crippen LogP) is 4.19. The number of nitrogens with zero attached hydrogens (tertiary/aromatic N) is 2. The highest BCUT2D eigenvalue weighted by atomic mass is 32.1. The first-order chi connectivity index (χ1) is 24.0. The van der Waals surface area contributed by atoms with Crippen molar-refractivity contribution in [1.82, 2.24) is 25.8 Å². The Morgan fingerprint density at radius 3 is 2.32 bits per heavy atom. The van der Waals surface area contributed by atoms with Crippen LogP contribution in [0.4, 0.5) is 9.59 Å². The van der Waals surface area contributed by atoms with Gasteiger partial charge in [-0.3, -0.25) is 4.79 Å². The number of carbonyl (C=O) groups excluding carboxylic acids is 3. The molecule has 2 fully saturated rings. The number of ether oxygens (including phenoxy) is 3. The third kappa shape index (κ3) is 10.5. The predicted molar refractivity (Wildman–Crippen MR) is 189 cm³/mol. The van der Waals surface area contributed by atoms with E-state index in [0.717, 1.165) is 28.2 Å². The molecule has 4 N–H and O–H groups in total. The number of hydrogen-bond donors (Lipinski definition) is 4. The highest BCUT2D eigenvalue weighted by Gasteiger charge is 2.44. The van der Waals surface area contributed by atoms with Crippen molar-refractivity contribution in [3.05, 3.63) is 87.9 Å². The summed E-state index contributed by atoms with van der Waals surface area (Å²) in [5, 5.41) is 23.5. The summed E-state index contributed by atoms with van der Waals surface area (Å²) in [7, 11) is 1.67. The molecule has 0 spiro atoms. The average Bonchev–Trinajstić information content (AvgIpc) is 3.82. The number of aryl methyl sites for hydroxylation is 1. The summed E-state index contributed by atoms with van der Waals surface area (Å²) in [6.45, 7) is 6.78. The van der Waals surface area contributed by atoms with E-state index >= 15 is 0 Å². The molecule has 12 nitrogen and oxygen atoms in total. The van der Waals surface area contributed by atoms with Gasteiger partial charge in [0.25, 0.3) is 0 Å². The quantitative estimate of drug-likeness (QED) is 0.184. The molecule has 5 rings (SSSR count). The largest absolute Gasteiger partial charge is 0.443 e. The second-order valence-electron chi connectivity index (χ2n) is 13.5. The van der Waals surface area contributed by atoms with Gasteiger partial charge in [-0.15, -0.1) is 11.3 Å². The van der Waals surface area contributed by atoms with Gasteiger partial charge in [-0.2, -0.15) is 0 Å². The Kier molecular flexibility index (Phi) is 13.2. The van der Waals surface area contributed by atoms with Gasteiger partial charge in [0.15, 0.2) is 6.29 Å². The topological polar surface area (TPSA) is 151 Å². The Balaban J connectivity index is 1.28. The van der Waals surface area contributed by atoms with Gasteiger partial charge in [-0.25, -0.2) is 14.6 Å². The maximum absolute atomic E-state index is 13.9. The fourth-order valence-corrected chi connectivity index (χ4v) is 7.04. The van der Waals surface area contributed by atoms with Gasteiger partial charge in [-0.05, 0) is 49.7 Å². The number of nitrogens with one attached hydrogen (secondary N) is 3. The highest BCUT2D eigenvalue weighted by molar-refractivity contribution is 7.09. The molecule has 7 atom stereocenters. The van der Waals surface area contributed by atoms with E-state index in [-0.39, 0.29) is 37.1 Å². The number of benzene rings is 2. The number of alkyl carbamates (subject to hydrolysis) is 1. The zero-order chi connectivity index (χ0) is 35.6. The molecule has 2 aromatic carbocycles. The molecule has 0 aliphatic carbocycles. The summed E-state index contributed by atoms with van der Waals surface area (Å²) >= 11 is 1.52. The molecule has 2 saturated heterocycles. The lowest BCUT2D eigenvalue weighted by atomic mass is 9.93. The summed E-state index contributed by atoms with van der Waals surface area (Å²) in [5.41, 5.74) is 2.67. The van der Waals surface area contributed by atoms with E-state index in [1.54, 1.807) is 7.05 Å². The number of aliphatic hydroxyl groups is 1. The second kappa shape index (κ2) is 17.8. The maximum Gasteiger partial charge on any atom is 0.407 e. The number of thiazole rings is 1. The van der Waals surface area contributed by atoms with Crippen LogP contribution in [0.3, 0.4) is 0 Å². The van der Waals surface area contributed by atoms with Crippen molar-refractivity contribution in [2.24, 2.45) is 11.8 Å². The molecule has 3 heterocycles. The van der Waals surface area contributed by atoms with Crippen molar-refractivity contribution in [2.75, 3.05) is 20.3 Å². The molecule has 0 unspecified atom stereocenters. The Labute approximate surface area is 297 Å². The zero-order valence-electron chi connectivity index (χ0n) is 29.1. The van der Waals surface area contributed by atoms with Crippen LogP contribution in [-0.2, 0) is 38.4 Å². The third-order valence-electron chi connectivity index (χ3n) is 9.15. The van der Waals surface area contributed by atoms with Crippen LogP contribution in [0, 0.1) is 18.8 Å². The minimum Gasteiger partial charge on any atom is -0.443 e. The van der Waals surface area contributed by atoms with Crippen LogP contribution in [0.5, 0.6) is 0 Å². The van der Waals surface area contributed by atoms with Crippen LogP contribution < -0.4 is 16.0 Å². The van der Waals surface area contributed by atoms with Gasteiger partial charge in [-0.1, -0.05) is 74.5 Å². The van der Waals surface area contributed by atoms with E-state index < -0.39 is 42.5 Å². The third-order valence-corrected chi connectivity index (χ3v) is 9.97. The van der Waals surface area contributed by atoms with E-state index in [0.29, 0.717) is 26.0 Å². The average molecular weight is 708 g/mol. The van der Waals surface area contributed by atoms with E-state index in [4.69, 9.17) is 14.2 Å². The van der Waals surface area contributed by atoms with E-state index in [1.807, 2.05) is 86.8 Å². The maximum atomic E-state index is 13.9. The van der Waals surface area contributed by atoms with E-state index in [2.05, 4.69) is 20.9 Å². The number of hydrogen-bond acceptors (Lipinski definition) is 9. The Bertz CT molecular complexity index is 1540. The lowest BCUT2D eigenvalue weighted by Crippen LogP contribution is -2.56. The first-order valence-corrected chi connectivity index (χ1v) is 18.1. The van der Waals surface area contributed by atoms with Crippen molar-refractivity contribution >= 4 is 29.4 Å². The fraction of sp³-hybridized carbons (Fsp3) is 0.514. The summed E-state index contributed by atoms with van der Waals surface area (Å²) in [6.07, 6.45) is -0.846. The smallest absolute Gasteiger partial charge is 0.407 e. The normalized spacial score (nSPS) is 20.7. The number of aromatic nitrogens is 1. The fourth-order valence-electron chi connectivity index (χ4n) is 6.43. The van der Waals surface area contributed by atoms with Crippen molar-refractivity contribution in [3.63, 3.8) is 0 Å². The van der Waals surface area contributed by atoms with Crippen molar-refractivity contribution in [1.29, 1.82) is 0 Å². The Hall–Kier alpha value is -4.04. The molecule has 2 aliphatic rings. The Morgan fingerprint density at radius 2 is 1.68 bits per heavy atom. The van der Waals surface area contributed by atoms with Crippen molar-refractivity contribution in [3.8, 4) is 0 Å². The highest BCUT2D eigenvalue weighted by Crippen LogP contribution is 2.33. The first kappa shape index (κ1) is 37.2. The number of fused-ring (bicyclic) bond motifs is 1. The summed E-state index contributed by atoms with van der Waals surface area (Å²) in [4.78, 5) is 46.2. The molecule has 0 bridgehead atoms. The molecule has 1 aromatic heterocycles. The number of rotatable bonds is 15. The molecular weight excluding hydrogens is 659 g/mol. The number of carbonyl (C=O) groups is 3. The van der Waals surface area contributed by atoms with Gasteiger partial charge in [0, 0.05) is 18.5 Å². The van der Waals surface area contributed by atoms with Gasteiger partial charge < -0.3 is 40.2 Å². The molecule has 0 radical (unpaired) electrons. The van der Waals surface area contributed by atoms with E-state index in [1.165, 1.54) is 16.2 Å². The summed E-state index contributed by atoms with van der Waals surface area (Å²) < 4.78 is 17.0. The number of aliphatic hydroxyl groups excluding tert-OH is 1. The Morgan fingerprint density at radius 1 is 1.00 bits per heavy atom. The van der Waals surface area contributed by atoms with Gasteiger partial charge in [0.1, 0.15) is 12.1 Å². The molecule has 270 valence electrons. The molecule has 50 heavy (non-hydrogen) atoms. The van der Waals surface area contributed by atoms with Crippen LogP contribution >= 0.6 is 11.3 Å². The minimum absolute atomic E-state index is 0.0191. The lowest BCUT2D eigenvalue weighted by molar-refractivity contribution is -0.124. The SMILES string of the molecule is Cc1nc(CN(C)C(=O)N[C@H](C(=O)N[C@@H](Cc2ccccc2)C[C@H](O)[C@H](Cc2ccccc2)NC(=O)O[C@H]2CO[C@H]3OCC[C@H]32)C(C)C)cs1. The lowest BCUT2D eigenvalue weighted by Gasteiger charge is -2.31. The molecule has 4 amide bonds. The van der Waals surface area contributed by atoms with Crippen molar-refractivity contribution < 1.29 is 33.7 Å². The molecular formula is C37H49N5O7S. The zero-order valence-corrected chi connectivity index (χ0v) is 29.9. The van der Waals surface area contributed by atoms with Gasteiger partial charge in [0.05, 0.1) is 48.5 Å². The molecule has 13 heteroatoms. The molecule has 2 aliphatic heterocycles. The standard InChI is InChI=1S/C37H49N5O7S/c1-23(2)33(41-36(45)42(4)20-28-22-50-24(3)38-28)34(44)39-27(17-25-11-7-5-8-12-25)19-31(43)30(18-26-13-9-6-10-14-26)40-37(46)49-32-21-48-35-29(32)15-16-47-35/h5-14,22-23,27,29-33,35,43H,15-21H2,1-4H3,(H,39,44)(H,40,46)(H,41,45)/t27-,29-,30-,31-,32-,33-,35+/m0/s1. The van der Waals surface area contributed by atoms with Gasteiger partial charge >= 0.3 is 12.1 Å². The van der Waals surface area contributed by atoms with Crippen LogP contribution in [0.1, 0.15) is 48.5 Å². The monoisotopic (exact) mass is 707 g/mol. The van der Waals surface area contributed by atoms with Crippen LogP contribution in [0.2, 0.25) is 0 Å². The summed E-state index contributed by atoms with van der Waals surface area (Å²) in [6, 6.07) is 16.8. The second-order valence-corrected chi connectivity index (χ2v) is 14.6. The summed E-state index contributed by atoms with van der Waals surface area (Å²) in [5.74, 6) is -0.599. The van der Waals surface area contributed by atoms with Crippen molar-refractivity contribution in [2.45, 2.75) is 89.6 Å². The number of amides is 4. The van der Waals surface area contributed by atoms with Crippen LogP contribution in [0.15, 0.2) is 66.0 Å². The van der Waals surface area contributed by atoms with E-state index in [9.17, 15) is 19.5 Å². The molecule has 3 aromatic rings. The first-order valence-electron chi connectivity index (χ1n) is 17.2. The van der Waals surface area contributed by atoms with Crippen LogP contribution in [0.25, 0.3) is 0 Å².